The Balaban J connectivity index is 1.21. The molecule has 10 nitrogen and oxygen atoms in total. The van der Waals surface area contributed by atoms with E-state index in [4.69, 9.17) is 16.3 Å². The number of pyridine rings is 1. The van der Waals surface area contributed by atoms with Crippen molar-refractivity contribution in [3.63, 3.8) is 0 Å². The van der Waals surface area contributed by atoms with Crippen molar-refractivity contribution in [2.75, 3.05) is 18.4 Å². The lowest BCUT2D eigenvalue weighted by atomic mass is 9.90. The van der Waals surface area contributed by atoms with Crippen molar-refractivity contribution in [1.82, 2.24) is 34.1 Å². The second-order valence-electron chi connectivity index (χ2n) is 9.21. The predicted octanol–water partition coefficient (Wildman–Crippen LogP) is 4.86. The van der Waals surface area contributed by atoms with Crippen molar-refractivity contribution in [1.29, 1.82) is 0 Å². The predicted molar refractivity (Wildman–Crippen MR) is 140 cm³/mol. The summed E-state index contributed by atoms with van der Waals surface area (Å²) in [4.78, 5) is 22.1. The molecule has 0 aliphatic carbocycles. The Morgan fingerprint density at radius 1 is 1.08 bits per heavy atom. The molecule has 1 atom stereocenters. The van der Waals surface area contributed by atoms with Crippen LogP contribution in [0.25, 0.3) is 11.2 Å². The third-order valence-corrected chi connectivity index (χ3v) is 7.02. The molecule has 1 aliphatic rings. The summed E-state index contributed by atoms with van der Waals surface area (Å²) in [6.07, 6.45) is 8.12. The Labute approximate surface area is 222 Å². The van der Waals surface area contributed by atoms with Gasteiger partial charge in [-0.3, -0.25) is 4.79 Å². The van der Waals surface area contributed by atoms with E-state index in [0.717, 1.165) is 28.1 Å². The molecule has 1 saturated heterocycles. The molecule has 1 amide bonds. The highest BCUT2D eigenvalue weighted by Crippen LogP contribution is 2.35. The summed E-state index contributed by atoms with van der Waals surface area (Å²) in [6.45, 7) is 2.89. The average molecular weight is 535 g/mol. The van der Waals surface area contributed by atoms with Gasteiger partial charge in [-0.1, -0.05) is 11.6 Å². The number of carbonyl (C=O) groups excluding carboxylic acids is 1. The Hall–Kier alpha value is -4.25. The van der Waals surface area contributed by atoms with Crippen LogP contribution >= 0.6 is 11.6 Å². The maximum absolute atomic E-state index is 13.3. The van der Waals surface area contributed by atoms with Crippen molar-refractivity contribution in [3.8, 4) is 11.5 Å². The van der Waals surface area contributed by atoms with Crippen molar-refractivity contribution in [2.24, 2.45) is 0 Å². The summed E-state index contributed by atoms with van der Waals surface area (Å²) in [5, 5.41) is 11.9. The summed E-state index contributed by atoms with van der Waals surface area (Å²) in [6, 6.07) is 11.5. The number of fused-ring (bicyclic) bond motifs is 2. The number of nitrogens with zero attached hydrogens (tertiary/aromatic N) is 7. The Morgan fingerprint density at radius 3 is 2.63 bits per heavy atom. The quantitative estimate of drug-likeness (QED) is 0.310. The third-order valence-electron chi connectivity index (χ3n) is 6.84. The van der Waals surface area contributed by atoms with Crippen molar-refractivity contribution >= 4 is 40.2 Å². The van der Waals surface area contributed by atoms with E-state index in [1.165, 1.54) is 17.6 Å². The fraction of sp³-hybridized carbons (Fsp3) is 0.269. The molecule has 1 aliphatic heterocycles. The molecule has 4 aromatic heterocycles. The lowest BCUT2D eigenvalue weighted by Crippen LogP contribution is -2.40. The average Bonchev–Trinajstić information content (AvgIpc) is 3.57. The van der Waals surface area contributed by atoms with E-state index < -0.39 is 11.5 Å². The third kappa shape index (κ3) is 4.60. The minimum absolute atomic E-state index is 0.184. The van der Waals surface area contributed by atoms with Crippen LogP contribution < -0.4 is 10.1 Å². The van der Waals surface area contributed by atoms with Gasteiger partial charge in [-0.15, -0.1) is 0 Å². The SMILES string of the molecule is Cc1cc(Nc2ncnn3ccc(C4CCN(C(=O)[C@@H](F)Cl)CC4)c23)ccc1Oc1ccn2ncnc2c1. The molecule has 5 heterocycles. The van der Waals surface area contributed by atoms with Crippen LogP contribution in [-0.2, 0) is 4.79 Å². The first kappa shape index (κ1) is 24.1. The molecule has 38 heavy (non-hydrogen) atoms. The Bertz CT molecular complexity index is 1630. The minimum atomic E-state index is -2.00. The Morgan fingerprint density at radius 2 is 1.84 bits per heavy atom. The van der Waals surface area contributed by atoms with Crippen molar-refractivity contribution in [3.05, 3.63) is 72.6 Å². The number of benzene rings is 1. The molecule has 5 aromatic rings. The van der Waals surface area contributed by atoms with E-state index in [1.807, 2.05) is 49.5 Å². The lowest BCUT2D eigenvalue weighted by Gasteiger charge is -2.32. The van der Waals surface area contributed by atoms with E-state index in [0.29, 0.717) is 43.1 Å². The van der Waals surface area contributed by atoms with E-state index in [2.05, 4.69) is 25.5 Å². The standard InChI is InChI=1S/C26H24ClFN8O2/c1-16-12-18(2-3-21(16)38-19-6-10-35-22(13-19)29-14-31-35)33-25-23-20(7-11-36(23)32-15-30-25)17-4-8-34(9-5-17)26(37)24(27)28/h2-3,6-7,10-15,17,24H,4-5,8-9H2,1H3,(H,30,32,33)/t24-/m1/s1. The summed E-state index contributed by atoms with van der Waals surface area (Å²) in [5.41, 5.74) is 2.47. The summed E-state index contributed by atoms with van der Waals surface area (Å²) in [7, 11) is 0. The summed E-state index contributed by atoms with van der Waals surface area (Å²) < 4.78 is 22.8. The molecule has 194 valence electrons. The highest BCUT2D eigenvalue weighted by Gasteiger charge is 2.29. The van der Waals surface area contributed by atoms with Gasteiger partial charge in [0.15, 0.2) is 11.5 Å². The van der Waals surface area contributed by atoms with Gasteiger partial charge in [0, 0.05) is 37.2 Å². The van der Waals surface area contributed by atoms with Gasteiger partial charge in [0.05, 0.1) is 0 Å². The molecule has 1 N–H and O–H groups in total. The van der Waals surface area contributed by atoms with Gasteiger partial charge in [0.2, 0.25) is 0 Å². The first-order valence-corrected chi connectivity index (χ1v) is 12.6. The lowest BCUT2D eigenvalue weighted by molar-refractivity contribution is -0.134. The van der Waals surface area contributed by atoms with Crippen LogP contribution in [0.4, 0.5) is 15.9 Å². The van der Waals surface area contributed by atoms with Crippen LogP contribution in [0, 0.1) is 6.92 Å². The number of rotatable bonds is 6. The van der Waals surface area contributed by atoms with Gasteiger partial charge in [-0.2, -0.15) is 10.2 Å². The molecule has 12 heteroatoms. The maximum Gasteiger partial charge on any atom is 0.272 e. The number of nitrogens with one attached hydrogen (secondary N) is 1. The highest BCUT2D eigenvalue weighted by molar-refractivity contribution is 6.29. The second kappa shape index (κ2) is 9.90. The number of aryl methyl sites for hydroxylation is 1. The van der Waals surface area contributed by atoms with Gasteiger partial charge in [-0.25, -0.2) is 23.4 Å². The molecule has 1 fully saturated rings. The van der Waals surface area contributed by atoms with Gasteiger partial charge in [0.1, 0.15) is 29.7 Å². The number of amides is 1. The molecule has 0 unspecified atom stereocenters. The molecule has 0 bridgehead atoms. The fourth-order valence-electron chi connectivity index (χ4n) is 4.91. The number of hydrogen-bond acceptors (Lipinski definition) is 7. The fourth-order valence-corrected chi connectivity index (χ4v) is 5.05. The molecule has 0 saturated carbocycles. The smallest absolute Gasteiger partial charge is 0.272 e. The van der Waals surface area contributed by atoms with E-state index in [1.54, 1.807) is 15.2 Å². The van der Waals surface area contributed by atoms with Gasteiger partial charge in [0.25, 0.3) is 11.5 Å². The number of hydrogen-bond donors (Lipinski definition) is 1. The number of piperidine rings is 1. The number of anilines is 2. The Kier molecular flexibility index (Phi) is 6.28. The second-order valence-corrected chi connectivity index (χ2v) is 9.59. The molecule has 6 rings (SSSR count). The highest BCUT2D eigenvalue weighted by atomic mass is 35.5. The number of ether oxygens (including phenoxy) is 1. The van der Waals surface area contributed by atoms with E-state index >= 15 is 0 Å². The number of aromatic nitrogens is 6. The first-order chi connectivity index (χ1) is 18.5. The monoisotopic (exact) mass is 534 g/mol. The van der Waals surface area contributed by atoms with Crippen LogP contribution in [0.2, 0.25) is 0 Å². The normalized spacial score (nSPS) is 15.2. The molecule has 1 aromatic carbocycles. The van der Waals surface area contributed by atoms with Crippen LogP contribution in [0.3, 0.4) is 0 Å². The maximum atomic E-state index is 13.3. The van der Waals surface area contributed by atoms with Crippen LogP contribution in [-0.4, -0.2) is 58.7 Å². The summed E-state index contributed by atoms with van der Waals surface area (Å²) >= 11 is 5.35. The number of alkyl halides is 2. The minimum Gasteiger partial charge on any atom is -0.457 e. The van der Waals surface area contributed by atoms with Crippen molar-refractivity contribution in [2.45, 2.75) is 31.3 Å². The van der Waals surface area contributed by atoms with Gasteiger partial charge >= 0.3 is 0 Å². The number of carbonyl (C=O) groups is 1. The molecule has 0 spiro atoms. The zero-order chi connectivity index (χ0) is 26.2. The summed E-state index contributed by atoms with van der Waals surface area (Å²) in [5.74, 6) is 1.59. The number of halogens is 2. The molecular formula is C26H24ClFN8O2. The van der Waals surface area contributed by atoms with Gasteiger partial charge < -0.3 is 15.0 Å². The zero-order valence-electron chi connectivity index (χ0n) is 20.5. The van der Waals surface area contributed by atoms with E-state index in [9.17, 15) is 9.18 Å². The first-order valence-electron chi connectivity index (χ1n) is 12.2. The van der Waals surface area contributed by atoms with E-state index in [-0.39, 0.29) is 5.92 Å². The largest absolute Gasteiger partial charge is 0.457 e. The van der Waals surface area contributed by atoms with Crippen LogP contribution in [0.5, 0.6) is 11.5 Å². The molecule has 0 radical (unpaired) electrons. The zero-order valence-corrected chi connectivity index (χ0v) is 21.2. The van der Waals surface area contributed by atoms with Crippen molar-refractivity contribution < 1.29 is 13.9 Å². The molecular weight excluding hydrogens is 511 g/mol. The van der Waals surface area contributed by atoms with Crippen LogP contribution in [0.1, 0.15) is 29.9 Å². The van der Waals surface area contributed by atoms with Crippen LogP contribution in [0.15, 0.2) is 61.4 Å². The topological polar surface area (TPSA) is 102 Å². The number of likely N-dealkylation sites (tertiary alicyclic amines) is 1. The van der Waals surface area contributed by atoms with Gasteiger partial charge in [-0.05, 0) is 67.1 Å².